The van der Waals surface area contributed by atoms with Crippen molar-refractivity contribution in [2.75, 3.05) is 10.6 Å². The second-order valence-electron chi connectivity index (χ2n) is 9.50. The topological polar surface area (TPSA) is 106 Å². The number of nitrogens with zero attached hydrogens (tertiary/aromatic N) is 4. The zero-order valence-corrected chi connectivity index (χ0v) is 17.1. The Morgan fingerprint density at radius 1 is 0.935 bits per heavy atom. The number of nitrogens with one attached hydrogen (secondary N) is 2. The van der Waals surface area contributed by atoms with E-state index in [0.29, 0.717) is 5.82 Å². The molecule has 158 valence electrons. The van der Waals surface area contributed by atoms with E-state index >= 15 is 0 Å². The molecule has 2 N–H and O–H groups in total. The summed E-state index contributed by atoms with van der Waals surface area (Å²) in [7, 11) is 0. The SMILES string of the molecule is O=[N+]([O-])c1c(Nc2cccc3ncccc23)ncnc1NC12CC3CC(CC(C3)C1)C2. The molecule has 0 amide bonds. The smallest absolute Gasteiger partial charge is 0.353 e. The minimum atomic E-state index is -0.380. The highest BCUT2D eigenvalue weighted by Gasteiger charge is 2.51. The molecular weight excluding hydrogens is 392 g/mol. The van der Waals surface area contributed by atoms with Gasteiger partial charge in [-0.1, -0.05) is 6.07 Å². The van der Waals surface area contributed by atoms with E-state index in [2.05, 4.69) is 25.6 Å². The predicted molar refractivity (Wildman–Crippen MR) is 118 cm³/mol. The van der Waals surface area contributed by atoms with Crippen LogP contribution in [0.15, 0.2) is 42.9 Å². The van der Waals surface area contributed by atoms with Crippen molar-refractivity contribution >= 4 is 33.9 Å². The largest absolute Gasteiger partial charge is 0.359 e. The van der Waals surface area contributed by atoms with Gasteiger partial charge in [0.15, 0.2) is 0 Å². The van der Waals surface area contributed by atoms with Gasteiger partial charge in [-0.05, 0) is 80.5 Å². The number of aromatic nitrogens is 3. The Bertz CT molecular complexity index is 1140. The van der Waals surface area contributed by atoms with Gasteiger partial charge < -0.3 is 10.6 Å². The maximum Gasteiger partial charge on any atom is 0.353 e. The van der Waals surface area contributed by atoms with Gasteiger partial charge in [0, 0.05) is 22.8 Å². The molecule has 31 heavy (non-hydrogen) atoms. The van der Waals surface area contributed by atoms with Crippen LogP contribution in [0.5, 0.6) is 0 Å². The van der Waals surface area contributed by atoms with Crippen LogP contribution in [0.25, 0.3) is 10.9 Å². The lowest BCUT2D eigenvalue weighted by atomic mass is 9.53. The average molecular weight is 416 g/mol. The number of benzene rings is 1. The van der Waals surface area contributed by atoms with Crippen LogP contribution < -0.4 is 10.6 Å². The Balaban J connectivity index is 1.37. The summed E-state index contributed by atoms with van der Waals surface area (Å²) in [4.78, 5) is 24.7. The van der Waals surface area contributed by atoms with Gasteiger partial charge in [-0.3, -0.25) is 15.1 Å². The fourth-order valence-electron chi connectivity index (χ4n) is 6.59. The third-order valence-corrected chi connectivity index (χ3v) is 7.33. The van der Waals surface area contributed by atoms with Gasteiger partial charge in [-0.2, -0.15) is 0 Å². The van der Waals surface area contributed by atoms with Crippen LogP contribution in [0.2, 0.25) is 0 Å². The van der Waals surface area contributed by atoms with Crippen LogP contribution >= 0.6 is 0 Å². The molecule has 4 bridgehead atoms. The van der Waals surface area contributed by atoms with Gasteiger partial charge in [0.1, 0.15) is 6.33 Å². The minimum Gasteiger partial charge on any atom is -0.359 e. The molecule has 3 aromatic rings. The van der Waals surface area contributed by atoms with E-state index < -0.39 is 0 Å². The van der Waals surface area contributed by atoms with Crippen molar-refractivity contribution in [3.63, 3.8) is 0 Å². The lowest BCUT2D eigenvalue weighted by Gasteiger charge is -2.57. The van der Waals surface area contributed by atoms with E-state index in [1.165, 1.54) is 25.6 Å². The monoisotopic (exact) mass is 416 g/mol. The molecule has 4 aliphatic carbocycles. The molecular formula is C23H24N6O2. The average Bonchev–Trinajstić information content (AvgIpc) is 2.73. The molecule has 0 spiro atoms. The predicted octanol–water partition coefficient (Wildman–Crippen LogP) is 5.06. The van der Waals surface area contributed by atoms with Gasteiger partial charge in [0.2, 0.25) is 11.6 Å². The van der Waals surface area contributed by atoms with Crippen molar-refractivity contribution < 1.29 is 4.92 Å². The van der Waals surface area contributed by atoms with E-state index in [9.17, 15) is 10.1 Å². The quantitative estimate of drug-likeness (QED) is 0.442. The second kappa shape index (κ2) is 6.87. The molecule has 0 unspecified atom stereocenters. The third kappa shape index (κ3) is 3.17. The Morgan fingerprint density at radius 3 is 2.35 bits per heavy atom. The third-order valence-electron chi connectivity index (χ3n) is 7.33. The first-order valence-corrected chi connectivity index (χ1v) is 11.0. The zero-order chi connectivity index (χ0) is 21.0. The fourth-order valence-corrected chi connectivity index (χ4v) is 6.59. The highest BCUT2D eigenvalue weighted by Crippen LogP contribution is 2.57. The normalized spacial score (nSPS) is 28.6. The van der Waals surface area contributed by atoms with Crippen molar-refractivity contribution in [2.45, 2.75) is 44.1 Å². The van der Waals surface area contributed by atoms with Gasteiger partial charge in [0.05, 0.1) is 10.4 Å². The van der Waals surface area contributed by atoms with Crippen molar-refractivity contribution in [3.8, 4) is 0 Å². The number of hydrogen-bond acceptors (Lipinski definition) is 7. The lowest BCUT2D eigenvalue weighted by molar-refractivity contribution is -0.383. The Labute approximate surface area is 179 Å². The maximum atomic E-state index is 12.1. The molecule has 0 aliphatic heterocycles. The molecule has 1 aromatic carbocycles. The van der Waals surface area contributed by atoms with Crippen molar-refractivity contribution in [3.05, 3.63) is 53.0 Å². The molecule has 4 saturated carbocycles. The van der Waals surface area contributed by atoms with E-state index in [1.807, 2.05) is 30.3 Å². The van der Waals surface area contributed by atoms with Gasteiger partial charge in [0.25, 0.3) is 0 Å². The number of anilines is 3. The summed E-state index contributed by atoms with van der Waals surface area (Å²) in [5, 5.41) is 19.7. The van der Waals surface area contributed by atoms with Crippen molar-refractivity contribution in [2.24, 2.45) is 17.8 Å². The minimum absolute atomic E-state index is 0.0749. The van der Waals surface area contributed by atoms with Crippen LogP contribution in [-0.2, 0) is 0 Å². The lowest BCUT2D eigenvalue weighted by Crippen LogP contribution is -2.55. The number of fused-ring (bicyclic) bond motifs is 1. The van der Waals surface area contributed by atoms with Gasteiger partial charge >= 0.3 is 5.69 Å². The standard InChI is InChI=1S/C23H24N6O2/c30-29(31)20-21(27-19-5-1-4-18-17(19)3-2-6-24-18)25-13-26-22(20)28-23-10-14-7-15(11-23)9-16(8-14)12-23/h1-6,13-16H,7-12H2,(H2,25,26,27,28). The molecule has 2 aromatic heterocycles. The van der Waals surface area contributed by atoms with Crippen LogP contribution in [0, 0.1) is 27.9 Å². The van der Waals surface area contributed by atoms with Crippen LogP contribution in [0.4, 0.5) is 23.0 Å². The Kier molecular flexibility index (Phi) is 4.09. The molecule has 0 atom stereocenters. The van der Waals surface area contributed by atoms with E-state index in [0.717, 1.165) is 53.6 Å². The van der Waals surface area contributed by atoms with Crippen LogP contribution in [-0.4, -0.2) is 25.4 Å². The Hall–Kier alpha value is -3.29. The molecule has 0 saturated heterocycles. The van der Waals surface area contributed by atoms with Gasteiger partial charge in [-0.15, -0.1) is 0 Å². The molecule has 4 fully saturated rings. The van der Waals surface area contributed by atoms with E-state index in [4.69, 9.17) is 0 Å². The summed E-state index contributed by atoms with van der Waals surface area (Å²) in [6.07, 6.45) is 10.3. The van der Waals surface area contributed by atoms with E-state index in [1.54, 1.807) is 6.20 Å². The summed E-state index contributed by atoms with van der Waals surface area (Å²) in [6.45, 7) is 0. The van der Waals surface area contributed by atoms with Crippen LogP contribution in [0.3, 0.4) is 0 Å². The maximum absolute atomic E-state index is 12.1. The van der Waals surface area contributed by atoms with Crippen molar-refractivity contribution in [1.82, 2.24) is 15.0 Å². The second-order valence-corrected chi connectivity index (χ2v) is 9.50. The molecule has 8 nitrogen and oxygen atoms in total. The van der Waals surface area contributed by atoms with E-state index in [-0.39, 0.29) is 22.0 Å². The first-order chi connectivity index (χ1) is 15.1. The first kappa shape index (κ1) is 18.5. The number of rotatable bonds is 5. The number of hydrogen-bond donors (Lipinski definition) is 2. The first-order valence-electron chi connectivity index (χ1n) is 11.0. The van der Waals surface area contributed by atoms with Gasteiger partial charge in [-0.25, -0.2) is 9.97 Å². The van der Waals surface area contributed by atoms with Crippen LogP contribution in [0.1, 0.15) is 38.5 Å². The summed E-state index contributed by atoms with van der Waals surface area (Å²) in [5.41, 5.74) is 1.37. The fraction of sp³-hybridized carbons (Fsp3) is 0.435. The summed E-state index contributed by atoms with van der Waals surface area (Å²) < 4.78 is 0. The molecule has 0 radical (unpaired) electrons. The summed E-state index contributed by atoms with van der Waals surface area (Å²) in [6, 6.07) is 9.45. The molecule has 2 heterocycles. The zero-order valence-electron chi connectivity index (χ0n) is 17.1. The summed E-state index contributed by atoms with van der Waals surface area (Å²) in [5.74, 6) is 2.73. The number of pyridine rings is 1. The summed E-state index contributed by atoms with van der Waals surface area (Å²) >= 11 is 0. The highest BCUT2D eigenvalue weighted by molar-refractivity contribution is 5.93. The molecule has 4 aliphatic rings. The molecule has 8 heteroatoms. The highest BCUT2D eigenvalue weighted by atomic mass is 16.6. The molecule has 7 rings (SSSR count). The number of nitro groups is 1. The van der Waals surface area contributed by atoms with Crippen molar-refractivity contribution in [1.29, 1.82) is 0 Å². The Morgan fingerprint density at radius 2 is 1.65 bits per heavy atom.